The minimum atomic E-state index is -4.61. The Morgan fingerprint density at radius 1 is 0.600 bits per heavy atom. The van der Waals surface area contributed by atoms with Crippen molar-refractivity contribution in [1.82, 2.24) is 5.32 Å². The molecule has 0 aromatic rings. The molecular weight excluding hydrogens is 768 g/mol. The summed E-state index contributed by atoms with van der Waals surface area (Å²) >= 11 is 0. The molecule has 0 saturated heterocycles. The van der Waals surface area contributed by atoms with Crippen LogP contribution in [-0.2, 0) is 18.4 Å². The quantitative estimate of drug-likeness (QED) is 0.0274. The Morgan fingerprint density at radius 2 is 1.03 bits per heavy atom. The standard InChI is InChI=1S/C51H91N2O6P/c1-6-8-10-12-14-16-18-20-22-24-25-26-27-29-31-33-35-37-39-41-43-45-51(55)52-49(48-59-60(56,57)58-47-46-53(3,4)5)50(54)44-42-40-38-36-34-32-30-28-23-21-19-17-15-13-11-9-7-2/h8,10,14,16,20,22,25-26,29,31,34,36,42,44,49-50,54H,6-7,9,11-13,15,17-19,21,23-24,27-28,30,32-33,35,37-41,43,45-48H2,1-5H3,(H-,52,55,56,57)/b10-8-,16-14-,22-20-,26-25-,31-29-,36-34+,44-42+. The first kappa shape index (κ1) is 57.7. The third-order valence-corrected chi connectivity index (χ3v) is 11.1. The summed E-state index contributed by atoms with van der Waals surface area (Å²) in [5, 5.41) is 13.8. The fourth-order valence-corrected chi connectivity index (χ4v) is 7.03. The van der Waals surface area contributed by atoms with Gasteiger partial charge in [-0.25, -0.2) is 0 Å². The Balaban J connectivity index is 4.48. The monoisotopic (exact) mass is 859 g/mol. The molecule has 0 aliphatic heterocycles. The van der Waals surface area contributed by atoms with E-state index in [1.54, 1.807) is 6.08 Å². The Bertz CT molecular complexity index is 1250. The number of nitrogens with one attached hydrogen (secondary N) is 1. The minimum Gasteiger partial charge on any atom is -0.756 e. The molecular formula is C51H91N2O6P. The van der Waals surface area contributed by atoms with Gasteiger partial charge in [0.15, 0.2) is 0 Å². The molecule has 0 aliphatic carbocycles. The second-order valence-corrected chi connectivity index (χ2v) is 18.5. The lowest BCUT2D eigenvalue weighted by atomic mass is 10.1. The number of unbranched alkanes of at least 4 members (excludes halogenated alkanes) is 17. The van der Waals surface area contributed by atoms with Gasteiger partial charge in [0.2, 0.25) is 5.91 Å². The van der Waals surface area contributed by atoms with Crippen LogP contribution in [0.3, 0.4) is 0 Å². The summed E-state index contributed by atoms with van der Waals surface area (Å²) < 4.78 is 23.2. The zero-order valence-corrected chi connectivity index (χ0v) is 40.0. The fourth-order valence-electron chi connectivity index (χ4n) is 6.31. The lowest BCUT2D eigenvalue weighted by molar-refractivity contribution is -0.870. The molecule has 9 heteroatoms. The number of hydrogen-bond donors (Lipinski definition) is 2. The highest BCUT2D eigenvalue weighted by Gasteiger charge is 2.23. The third-order valence-electron chi connectivity index (χ3n) is 10.1. The number of phosphoric ester groups is 1. The van der Waals surface area contributed by atoms with Crippen molar-refractivity contribution >= 4 is 13.7 Å². The van der Waals surface area contributed by atoms with E-state index < -0.39 is 26.6 Å². The molecule has 0 aromatic heterocycles. The Kier molecular flexibility index (Phi) is 40.4. The molecule has 2 N–H and O–H groups in total. The summed E-state index contributed by atoms with van der Waals surface area (Å²) in [6.45, 7) is 4.48. The summed E-state index contributed by atoms with van der Waals surface area (Å²) in [5.74, 6) is -0.230. The molecule has 0 radical (unpaired) electrons. The number of carbonyl (C=O) groups is 1. The highest BCUT2D eigenvalue weighted by atomic mass is 31.2. The molecule has 0 fully saturated rings. The third kappa shape index (κ3) is 43.8. The maximum absolute atomic E-state index is 12.9. The molecule has 0 rings (SSSR count). The van der Waals surface area contributed by atoms with Crippen molar-refractivity contribution in [2.75, 3.05) is 40.9 Å². The van der Waals surface area contributed by atoms with Crippen LogP contribution in [0.5, 0.6) is 0 Å². The molecule has 0 bridgehead atoms. The van der Waals surface area contributed by atoms with Gasteiger partial charge in [0.05, 0.1) is 39.9 Å². The van der Waals surface area contributed by atoms with E-state index in [9.17, 15) is 19.4 Å². The van der Waals surface area contributed by atoms with E-state index in [0.29, 0.717) is 17.4 Å². The van der Waals surface area contributed by atoms with Gasteiger partial charge in [-0.15, -0.1) is 0 Å². The molecule has 0 aromatic carbocycles. The van der Waals surface area contributed by atoms with Crippen LogP contribution in [0.4, 0.5) is 0 Å². The van der Waals surface area contributed by atoms with Crippen molar-refractivity contribution in [3.05, 3.63) is 85.1 Å². The molecule has 8 nitrogen and oxygen atoms in total. The molecule has 0 spiro atoms. The van der Waals surface area contributed by atoms with Crippen molar-refractivity contribution in [2.24, 2.45) is 0 Å². The van der Waals surface area contributed by atoms with Crippen LogP contribution in [-0.4, -0.2) is 68.5 Å². The Hall–Kier alpha value is -2.32. The van der Waals surface area contributed by atoms with E-state index in [1.807, 2.05) is 27.2 Å². The number of allylic oxidation sites excluding steroid dienone is 13. The van der Waals surface area contributed by atoms with Gasteiger partial charge in [-0.05, 0) is 77.0 Å². The number of carbonyl (C=O) groups excluding carboxylic acids is 1. The first-order valence-corrected chi connectivity index (χ1v) is 25.4. The normalized spacial score (nSPS) is 15.0. The predicted octanol–water partition coefficient (Wildman–Crippen LogP) is 13.1. The first-order valence-electron chi connectivity index (χ1n) is 23.9. The summed E-state index contributed by atoms with van der Waals surface area (Å²) in [6.07, 6.45) is 57.7. The average Bonchev–Trinajstić information content (AvgIpc) is 3.20. The number of amides is 1. The van der Waals surface area contributed by atoms with Gasteiger partial charge >= 0.3 is 0 Å². The number of aliphatic hydroxyl groups excluding tert-OH is 1. The molecule has 3 unspecified atom stereocenters. The number of aliphatic hydroxyl groups is 1. The SMILES string of the molecule is CC/C=C\C/C=C\C/C=C\C/C=C\C/C=C\CCCCCCCC(=O)NC(COP(=O)([O-])OCC[N+](C)(C)C)C(O)/C=C/CC/C=C/CCCCCCCCCCCCC. The molecule has 0 saturated carbocycles. The van der Waals surface area contributed by atoms with Gasteiger partial charge in [0.1, 0.15) is 13.2 Å². The van der Waals surface area contributed by atoms with Crippen molar-refractivity contribution in [3.63, 3.8) is 0 Å². The topological polar surface area (TPSA) is 108 Å². The second-order valence-electron chi connectivity index (χ2n) is 17.1. The minimum absolute atomic E-state index is 0.0150. The van der Waals surface area contributed by atoms with Gasteiger partial charge in [-0.2, -0.15) is 0 Å². The number of quaternary nitrogens is 1. The van der Waals surface area contributed by atoms with Crippen LogP contribution in [0.2, 0.25) is 0 Å². The summed E-state index contributed by atoms with van der Waals surface area (Å²) in [7, 11) is 1.21. The largest absolute Gasteiger partial charge is 0.756 e. The van der Waals surface area contributed by atoms with E-state index >= 15 is 0 Å². The molecule has 60 heavy (non-hydrogen) atoms. The van der Waals surface area contributed by atoms with E-state index in [2.05, 4.69) is 92.1 Å². The van der Waals surface area contributed by atoms with Crippen molar-refractivity contribution < 1.29 is 32.9 Å². The lowest BCUT2D eigenvalue weighted by Gasteiger charge is -2.29. The summed E-state index contributed by atoms with van der Waals surface area (Å²) in [6, 6.07) is -0.918. The van der Waals surface area contributed by atoms with Gasteiger partial charge in [-0.1, -0.05) is 182 Å². The molecule has 3 atom stereocenters. The zero-order chi connectivity index (χ0) is 44.3. The Morgan fingerprint density at radius 3 is 1.55 bits per heavy atom. The van der Waals surface area contributed by atoms with Crippen LogP contribution >= 0.6 is 7.82 Å². The fraction of sp³-hybridized carbons (Fsp3) is 0.706. The van der Waals surface area contributed by atoms with Gasteiger partial charge < -0.3 is 28.8 Å². The maximum Gasteiger partial charge on any atom is 0.268 e. The highest BCUT2D eigenvalue weighted by Crippen LogP contribution is 2.38. The average molecular weight is 859 g/mol. The van der Waals surface area contributed by atoms with Gasteiger partial charge in [0.25, 0.3) is 7.82 Å². The van der Waals surface area contributed by atoms with Gasteiger partial charge in [0, 0.05) is 6.42 Å². The lowest BCUT2D eigenvalue weighted by Crippen LogP contribution is -2.45. The molecule has 346 valence electrons. The molecule has 0 aliphatic rings. The number of nitrogens with zero attached hydrogens (tertiary/aromatic N) is 1. The van der Waals surface area contributed by atoms with E-state index in [1.165, 1.54) is 70.6 Å². The van der Waals surface area contributed by atoms with Crippen molar-refractivity contribution in [3.8, 4) is 0 Å². The van der Waals surface area contributed by atoms with Crippen LogP contribution in [0.15, 0.2) is 85.1 Å². The smallest absolute Gasteiger partial charge is 0.268 e. The molecule has 1 amide bonds. The van der Waals surface area contributed by atoms with Crippen LogP contribution < -0.4 is 10.2 Å². The van der Waals surface area contributed by atoms with Crippen LogP contribution in [0.1, 0.15) is 181 Å². The first-order chi connectivity index (χ1) is 29.0. The maximum atomic E-state index is 12.9. The number of rotatable bonds is 42. The number of likely N-dealkylation sites (N-methyl/N-ethyl adjacent to an activating group) is 1. The number of hydrogen-bond acceptors (Lipinski definition) is 6. The van der Waals surface area contributed by atoms with E-state index in [4.69, 9.17) is 9.05 Å². The zero-order valence-electron chi connectivity index (χ0n) is 39.1. The van der Waals surface area contributed by atoms with Crippen LogP contribution in [0, 0.1) is 0 Å². The second kappa shape index (κ2) is 42.0. The predicted molar refractivity (Wildman–Crippen MR) is 256 cm³/mol. The summed E-state index contributed by atoms with van der Waals surface area (Å²) in [4.78, 5) is 25.4. The summed E-state index contributed by atoms with van der Waals surface area (Å²) in [5.41, 5.74) is 0. The van der Waals surface area contributed by atoms with E-state index in [-0.39, 0.29) is 12.5 Å². The van der Waals surface area contributed by atoms with Crippen molar-refractivity contribution in [1.29, 1.82) is 0 Å². The molecule has 0 heterocycles. The number of phosphoric acid groups is 1. The van der Waals surface area contributed by atoms with Gasteiger partial charge in [-0.3, -0.25) is 9.36 Å². The van der Waals surface area contributed by atoms with Crippen LogP contribution in [0.25, 0.3) is 0 Å². The Labute approximate surface area is 369 Å². The van der Waals surface area contributed by atoms with Crippen molar-refractivity contribution in [2.45, 2.75) is 193 Å². The van der Waals surface area contributed by atoms with E-state index in [0.717, 1.165) is 89.9 Å². The highest BCUT2D eigenvalue weighted by molar-refractivity contribution is 7.45.